The molecule has 3 aromatic rings. The first-order valence-electron chi connectivity index (χ1n) is 8.24. The molecule has 2 aromatic carbocycles. The molecule has 0 bridgehead atoms. The number of amides is 1. The minimum atomic E-state index is -0.131. The topological polar surface area (TPSA) is 56.2 Å². The number of carbonyl (C=O) groups is 1. The third-order valence-electron chi connectivity index (χ3n) is 3.92. The van der Waals surface area contributed by atoms with Crippen molar-refractivity contribution in [3.63, 3.8) is 0 Å². The number of carbonyl (C=O) groups excluding carboxylic acids is 1. The van der Waals surface area contributed by atoms with Gasteiger partial charge in [0.15, 0.2) is 0 Å². The van der Waals surface area contributed by atoms with E-state index in [4.69, 9.17) is 4.74 Å². The molecule has 1 heterocycles. The van der Waals surface area contributed by atoms with Gasteiger partial charge in [-0.3, -0.25) is 4.79 Å². The summed E-state index contributed by atoms with van der Waals surface area (Å²) in [5.41, 5.74) is 3.09. The van der Waals surface area contributed by atoms with Gasteiger partial charge in [-0.25, -0.2) is 4.68 Å². The minimum absolute atomic E-state index is 0.131. The van der Waals surface area contributed by atoms with Crippen LogP contribution in [0.2, 0.25) is 0 Å². The molecule has 25 heavy (non-hydrogen) atoms. The van der Waals surface area contributed by atoms with Crippen LogP contribution in [0.15, 0.2) is 60.7 Å². The summed E-state index contributed by atoms with van der Waals surface area (Å²) in [6, 6.07) is 19.3. The smallest absolute Gasteiger partial charge is 0.255 e. The highest BCUT2D eigenvalue weighted by molar-refractivity contribution is 5.96. The number of aromatic nitrogens is 2. The first-order valence-corrected chi connectivity index (χ1v) is 8.24. The lowest BCUT2D eigenvalue weighted by Gasteiger charge is -2.08. The summed E-state index contributed by atoms with van der Waals surface area (Å²) in [5.74, 6) is 0.662. The Morgan fingerprint density at radius 1 is 1.04 bits per heavy atom. The van der Waals surface area contributed by atoms with E-state index in [1.807, 2.05) is 74.5 Å². The van der Waals surface area contributed by atoms with Crippen molar-refractivity contribution in [2.75, 3.05) is 13.2 Å². The second-order valence-corrected chi connectivity index (χ2v) is 5.71. The molecule has 0 saturated heterocycles. The average Bonchev–Trinajstić information content (AvgIpc) is 2.94. The first-order chi connectivity index (χ1) is 12.2. The molecule has 0 aliphatic carbocycles. The van der Waals surface area contributed by atoms with Crippen LogP contribution in [0.3, 0.4) is 0 Å². The Balaban J connectivity index is 1.63. The summed E-state index contributed by atoms with van der Waals surface area (Å²) in [7, 11) is 0. The van der Waals surface area contributed by atoms with Gasteiger partial charge in [0, 0.05) is 0 Å². The standard InChI is InChI=1S/C20H21N3O2/c1-15-19(16(2)23(22-15)17-9-5-3-6-10-17)20(24)21-13-14-25-18-11-7-4-8-12-18/h3-12H,13-14H2,1-2H3,(H,21,24). The third kappa shape index (κ3) is 3.88. The maximum absolute atomic E-state index is 12.5. The second-order valence-electron chi connectivity index (χ2n) is 5.71. The molecule has 0 aliphatic rings. The molecule has 0 atom stereocenters. The van der Waals surface area contributed by atoms with E-state index >= 15 is 0 Å². The van der Waals surface area contributed by atoms with Gasteiger partial charge < -0.3 is 10.1 Å². The fourth-order valence-corrected chi connectivity index (χ4v) is 2.73. The van der Waals surface area contributed by atoms with E-state index in [9.17, 15) is 4.79 Å². The monoisotopic (exact) mass is 335 g/mol. The molecule has 5 heteroatoms. The van der Waals surface area contributed by atoms with Crippen LogP contribution >= 0.6 is 0 Å². The van der Waals surface area contributed by atoms with Gasteiger partial charge in [-0.1, -0.05) is 36.4 Å². The van der Waals surface area contributed by atoms with Crippen molar-refractivity contribution in [3.05, 3.63) is 77.6 Å². The molecule has 0 radical (unpaired) electrons. The lowest BCUT2D eigenvalue weighted by Crippen LogP contribution is -2.29. The van der Waals surface area contributed by atoms with Gasteiger partial charge >= 0.3 is 0 Å². The molecular weight excluding hydrogens is 314 g/mol. The van der Waals surface area contributed by atoms with Crippen molar-refractivity contribution in [1.82, 2.24) is 15.1 Å². The number of para-hydroxylation sites is 2. The third-order valence-corrected chi connectivity index (χ3v) is 3.92. The van der Waals surface area contributed by atoms with Gasteiger partial charge in [0.25, 0.3) is 5.91 Å². The van der Waals surface area contributed by atoms with Gasteiger partial charge in [0.2, 0.25) is 0 Å². The summed E-state index contributed by atoms with van der Waals surface area (Å²) in [4.78, 5) is 12.5. The summed E-state index contributed by atoms with van der Waals surface area (Å²) < 4.78 is 7.39. The molecular formula is C20H21N3O2. The van der Waals surface area contributed by atoms with Gasteiger partial charge in [0.1, 0.15) is 12.4 Å². The van der Waals surface area contributed by atoms with Crippen molar-refractivity contribution in [2.45, 2.75) is 13.8 Å². The van der Waals surface area contributed by atoms with Crippen LogP contribution in [0.4, 0.5) is 0 Å². The number of hydrogen-bond donors (Lipinski definition) is 1. The predicted octanol–water partition coefficient (Wildman–Crippen LogP) is 3.30. The maximum atomic E-state index is 12.5. The zero-order chi connectivity index (χ0) is 17.6. The Bertz CT molecular complexity index is 842. The number of nitrogens with zero attached hydrogens (tertiary/aromatic N) is 2. The van der Waals surface area contributed by atoms with Gasteiger partial charge in [-0.15, -0.1) is 0 Å². The van der Waals surface area contributed by atoms with Crippen LogP contribution in [0.25, 0.3) is 5.69 Å². The van der Waals surface area contributed by atoms with E-state index in [0.717, 1.165) is 17.1 Å². The number of hydrogen-bond acceptors (Lipinski definition) is 3. The SMILES string of the molecule is Cc1nn(-c2ccccc2)c(C)c1C(=O)NCCOc1ccccc1. The number of benzene rings is 2. The fraction of sp³-hybridized carbons (Fsp3) is 0.200. The number of nitrogens with one attached hydrogen (secondary N) is 1. The Kier molecular flexibility index (Phi) is 5.14. The Morgan fingerprint density at radius 2 is 1.68 bits per heavy atom. The van der Waals surface area contributed by atoms with Gasteiger partial charge in [-0.05, 0) is 38.1 Å². The molecule has 0 spiro atoms. The molecule has 5 nitrogen and oxygen atoms in total. The highest BCUT2D eigenvalue weighted by Crippen LogP contribution is 2.17. The van der Waals surface area contributed by atoms with Crippen LogP contribution < -0.4 is 10.1 Å². The molecule has 128 valence electrons. The second kappa shape index (κ2) is 7.66. The number of aryl methyl sites for hydroxylation is 1. The van der Waals surface area contributed by atoms with Crippen LogP contribution in [-0.2, 0) is 0 Å². The molecule has 0 saturated carbocycles. The molecule has 0 aliphatic heterocycles. The van der Waals surface area contributed by atoms with E-state index in [1.165, 1.54) is 0 Å². The van der Waals surface area contributed by atoms with Gasteiger partial charge in [0.05, 0.1) is 29.2 Å². The quantitative estimate of drug-likeness (QED) is 0.703. The lowest BCUT2D eigenvalue weighted by molar-refractivity contribution is 0.0945. The maximum Gasteiger partial charge on any atom is 0.255 e. The Morgan fingerprint density at radius 3 is 2.36 bits per heavy atom. The summed E-state index contributed by atoms with van der Waals surface area (Å²) in [6.45, 7) is 4.61. The lowest BCUT2D eigenvalue weighted by atomic mass is 10.2. The molecule has 0 unspecified atom stereocenters. The summed E-state index contributed by atoms with van der Waals surface area (Å²) >= 11 is 0. The van der Waals surface area contributed by atoms with Crippen LogP contribution in [0.1, 0.15) is 21.7 Å². The first kappa shape index (κ1) is 16.8. The highest BCUT2D eigenvalue weighted by Gasteiger charge is 2.18. The minimum Gasteiger partial charge on any atom is -0.492 e. The number of ether oxygens (including phenoxy) is 1. The van der Waals surface area contributed by atoms with Crippen molar-refractivity contribution < 1.29 is 9.53 Å². The van der Waals surface area contributed by atoms with Crippen LogP contribution in [0.5, 0.6) is 5.75 Å². The number of rotatable bonds is 6. The van der Waals surface area contributed by atoms with E-state index in [2.05, 4.69) is 10.4 Å². The van der Waals surface area contributed by atoms with Crippen molar-refractivity contribution in [3.8, 4) is 11.4 Å². The van der Waals surface area contributed by atoms with Crippen molar-refractivity contribution in [1.29, 1.82) is 0 Å². The molecule has 0 fully saturated rings. The largest absolute Gasteiger partial charge is 0.492 e. The van der Waals surface area contributed by atoms with E-state index in [-0.39, 0.29) is 5.91 Å². The zero-order valence-corrected chi connectivity index (χ0v) is 14.4. The summed E-state index contributed by atoms with van der Waals surface area (Å²) in [5, 5.41) is 7.40. The van der Waals surface area contributed by atoms with Crippen LogP contribution in [-0.4, -0.2) is 28.8 Å². The summed E-state index contributed by atoms with van der Waals surface area (Å²) in [6.07, 6.45) is 0. The van der Waals surface area contributed by atoms with E-state index < -0.39 is 0 Å². The predicted molar refractivity (Wildman–Crippen MR) is 97.3 cm³/mol. The fourth-order valence-electron chi connectivity index (χ4n) is 2.73. The van der Waals surface area contributed by atoms with Crippen molar-refractivity contribution >= 4 is 5.91 Å². The zero-order valence-electron chi connectivity index (χ0n) is 14.4. The van der Waals surface area contributed by atoms with Crippen molar-refractivity contribution in [2.24, 2.45) is 0 Å². The highest BCUT2D eigenvalue weighted by atomic mass is 16.5. The average molecular weight is 335 g/mol. The molecule has 3 rings (SSSR count). The van der Waals surface area contributed by atoms with E-state index in [0.29, 0.717) is 24.4 Å². The van der Waals surface area contributed by atoms with E-state index in [1.54, 1.807) is 4.68 Å². The van der Waals surface area contributed by atoms with Crippen LogP contribution in [0, 0.1) is 13.8 Å². The molecule has 1 N–H and O–H groups in total. The normalized spacial score (nSPS) is 10.5. The molecule has 1 aromatic heterocycles. The Labute approximate surface area is 147 Å². The molecule has 1 amide bonds. The Hall–Kier alpha value is -3.08. The van der Waals surface area contributed by atoms with Gasteiger partial charge in [-0.2, -0.15) is 5.10 Å².